The van der Waals surface area contributed by atoms with Gasteiger partial charge in [-0.2, -0.15) is 0 Å². The highest BCUT2D eigenvalue weighted by Crippen LogP contribution is 2.27. The van der Waals surface area contributed by atoms with Crippen LogP contribution in [-0.4, -0.2) is 41.7 Å². The molecule has 1 aliphatic rings. The van der Waals surface area contributed by atoms with Crippen molar-refractivity contribution in [1.29, 1.82) is 0 Å². The van der Waals surface area contributed by atoms with Crippen LogP contribution >= 0.6 is 0 Å². The lowest BCUT2D eigenvalue weighted by atomic mass is 10.1. The molecule has 0 saturated carbocycles. The Balaban J connectivity index is 2.09. The van der Waals surface area contributed by atoms with E-state index < -0.39 is 5.09 Å². The fourth-order valence-corrected chi connectivity index (χ4v) is 1.87. The third-order valence-electron chi connectivity index (χ3n) is 2.75. The Hall–Kier alpha value is -2.84. The SMILES string of the molecule is CC(=O)Nc1ccc2c(c1)C(=O)N(CCO[N+](=O)[O-])CO2. The van der Waals surface area contributed by atoms with Gasteiger partial charge in [0, 0.05) is 19.2 Å². The molecule has 1 heterocycles. The van der Waals surface area contributed by atoms with Crippen LogP contribution in [0.5, 0.6) is 5.75 Å². The van der Waals surface area contributed by atoms with E-state index in [9.17, 15) is 19.7 Å². The number of carbonyl (C=O) groups is 2. The quantitative estimate of drug-likeness (QED) is 0.630. The van der Waals surface area contributed by atoms with Crippen molar-refractivity contribution >= 4 is 17.5 Å². The highest BCUT2D eigenvalue weighted by molar-refractivity contribution is 5.99. The van der Waals surface area contributed by atoms with Crippen molar-refractivity contribution in [2.24, 2.45) is 0 Å². The third kappa shape index (κ3) is 3.59. The second-order valence-corrected chi connectivity index (χ2v) is 4.29. The molecule has 0 fully saturated rings. The smallest absolute Gasteiger partial charge is 0.294 e. The van der Waals surface area contributed by atoms with E-state index in [4.69, 9.17) is 4.74 Å². The lowest BCUT2D eigenvalue weighted by Gasteiger charge is -2.28. The molecular formula is C12H13N3O6. The molecule has 0 radical (unpaired) electrons. The van der Waals surface area contributed by atoms with Crippen molar-refractivity contribution in [2.45, 2.75) is 6.92 Å². The number of nitrogens with zero attached hydrogens (tertiary/aromatic N) is 2. The Labute approximate surface area is 119 Å². The normalized spacial score (nSPS) is 13.2. The topological polar surface area (TPSA) is 111 Å². The van der Waals surface area contributed by atoms with Gasteiger partial charge in [0.05, 0.1) is 5.56 Å². The molecule has 1 N–H and O–H groups in total. The molecule has 0 aromatic heterocycles. The van der Waals surface area contributed by atoms with E-state index in [0.717, 1.165) is 0 Å². The largest absolute Gasteiger partial charge is 0.472 e. The highest BCUT2D eigenvalue weighted by atomic mass is 16.9. The van der Waals surface area contributed by atoms with Gasteiger partial charge in [-0.1, -0.05) is 0 Å². The van der Waals surface area contributed by atoms with E-state index in [1.54, 1.807) is 12.1 Å². The van der Waals surface area contributed by atoms with Gasteiger partial charge in [0.1, 0.15) is 12.4 Å². The van der Waals surface area contributed by atoms with Crippen LogP contribution in [0.15, 0.2) is 18.2 Å². The van der Waals surface area contributed by atoms with Crippen molar-refractivity contribution in [1.82, 2.24) is 4.90 Å². The number of amides is 2. The first-order chi connectivity index (χ1) is 9.97. The number of ether oxygens (including phenoxy) is 1. The summed E-state index contributed by atoms with van der Waals surface area (Å²) in [6, 6.07) is 4.71. The Bertz CT molecular complexity index is 588. The summed E-state index contributed by atoms with van der Waals surface area (Å²) in [6.45, 7) is 1.15. The van der Waals surface area contributed by atoms with Crippen LogP contribution in [0.1, 0.15) is 17.3 Å². The minimum Gasteiger partial charge on any atom is -0.472 e. The lowest BCUT2D eigenvalue weighted by Crippen LogP contribution is -2.40. The molecule has 9 heteroatoms. The minimum atomic E-state index is -0.919. The predicted octanol–water partition coefficient (Wildman–Crippen LogP) is 0.645. The van der Waals surface area contributed by atoms with E-state index in [0.29, 0.717) is 11.4 Å². The second-order valence-electron chi connectivity index (χ2n) is 4.29. The second kappa shape index (κ2) is 6.07. The van der Waals surface area contributed by atoms with Crippen LogP contribution in [0.2, 0.25) is 0 Å². The van der Waals surface area contributed by atoms with Gasteiger partial charge >= 0.3 is 0 Å². The average Bonchev–Trinajstić information content (AvgIpc) is 2.41. The van der Waals surface area contributed by atoms with E-state index in [-0.39, 0.29) is 37.3 Å². The van der Waals surface area contributed by atoms with Gasteiger partial charge in [0.2, 0.25) is 5.91 Å². The first kappa shape index (κ1) is 14.6. The summed E-state index contributed by atoms with van der Waals surface area (Å²) in [5.41, 5.74) is 0.759. The van der Waals surface area contributed by atoms with Crippen molar-refractivity contribution in [3.05, 3.63) is 33.9 Å². The number of benzene rings is 1. The van der Waals surface area contributed by atoms with Crippen LogP contribution in [0, 0.1) is 10.1 Å². The Morgan fingerprint density at radius 2 is 2.33 bits per heavy atom. The summed E-state index contributed by atoms with van der Waals surface area (Å²) in [7, 11) is 0. The molecule has 21 heavy (non-hydrogen) atoms. The van der Waals surface area contributed by atoms with E-state index >= 15 is 0 Å². The molecule has 112 valence electrons. The summed E-state index contributed by atoms with van der Waals surface area (Å²) in [5, 5.41) is 11.7. The standard InChI is InChI=1S/C12H13N3O6/c1-8(16)13-9-2-3-11-10(6-9)12(17)14(7-20-11)4-5-21-15(18)19/h2-3,6H,4-5,7H2,1H3,(H,13,16). The van der Waals surface area contributed by atoms with Crippen LogP contribution in [0.3, 0.4) is 0 Å². The molecule has 0 aliphatic carbocycles. The number of anilines is 1. The Kier molecular flexibility index (Phi) is 4.21. The van der Waals surface area contributed by atoms with Gasteiger partial charge in [-0.05, 0) is 18.2 Å². The highest BCUT2D eigenvalue weighted by Gasteiger charge is 2.26. The molecule has 2 rings (SSSR count). The molecule has 0 bridgehead atoms. The summed E-state index contributed by atoms with van der Waals surface area (Å²) >= 11 is 0. The summed E-state index contributed by atoms with van der Waals surface area (Å²) in [6.07, 6.45) is 0. The van der Waals surface area contributed by atoms with E-state index in [1.807, 2.05) is 0 Å². The summed E-state index contributed by atoms with van der Waals surface area (Å²) < 4.78 is 5.39. The number of hydrogen-bond donors (Lipinski definition) is 1. The molecule has 1 aliphatic heterocycles. The van der Waals surface area contributed by atoms with Crippen molar-refractivity contribution in [2.75, 3.05) is 25.2 Å². The molecule has 0 spiro atoms. The van der Waals surface area contributed by atoms with Gasteiger partial charge in [-0.25, -0.2) is 0 Å². The zero-order chi connectivity index (χ0) is 15.4. The van der Waals surface area contributed by atoms with Crippen LogP contribution in [-0.2, 0) is 9.63 Å². The van der Waals surface area contributed by atoms with Gasteiger partial charge in [-0.3, -0.25) is 9.59 Å². The number of nitrogens with one attached hydrogen (secondary N) is 1. The molecule has 1 aromatic rings. The first-order valence-corrected chi connectivity index (χ1v) is 6.08. The van der Waals surface area contributed by atoms with Crippen molar-refractivity contribution in [3.63, 3.8) is 0 Å². The van der Waals surface area contributed by atoms with E-state index in [2.05, 4.69) is 10.2 Å². The van der Waals surface area contributed by atoms with Gasteiger partial charge < -0.3 is 19.8 Å². The molecule has 2 amide bonds. The van der Waals surface area contributed by atoms with Crippen LogP contribution < -0.4 is 10.1 Å². The summed E-state index contributed by atoms with van der Waals surface area (Å²) in [4.78, 5) is 38.8. The molecule has 1 aromatic carbocycles. The van der Waals surface area contributed by atoms with Crippen molar-refractivity contribution in [3.8, 4) is 5.75 Å². The molecule has 0 saturated heterocycles. The maximum absolute atomic E-state index is 12.2. The maximum atomic E-state index is 12.2. The zero-order valence-electron chi connectivity index (χ0n) is 11.2. The van der Waals surface area contributed by atoms with Gasteiger partial charge in [0.15, 0.2) is 6.73 Å². The van der Waals surface area contributed by atoms with Crippen molar-refractivity contribution < 1.29 is 24.3 Å². The Morgan fingerprint density at radius 1 is 1.57 bits per heavy atom. The average molecular weight is 295 g/mol. The monoisotopic (exact) mass is 295 g/mol. The fraction of sp³-hybridized carbons (Fsp3) is 0.333. The summed E-state index contributed by atoms with van der Waals surface area (Å²) in [5.74, 6) is -0.189. The van der Waals surface area contributed by atoms with Gasteiger partial charge in [0.25, 0.3) is 11.0 Å². The Morgan fingerprint density at radius 3 is 3.00 bits per heavy atom. The maximum Gasteiger partial charge on any atom is 0.294 e. The molecule has 0 unspecified atom stereocenters. The fourth-order valence-electron chi connectivity index (χ4n) is 1.87. The van der Waals surface area contributed by atoms with E-state index in [1.165, 1.54) is 17.9 Å². The number of hydrogen-bond acceptors (Lipinski definition) is 6. The molecular weight excluding hydrogens is 282 g/mol. The van der Waals surface area contributed by atoms with Crippen LogP contribution in [0.25, 0.3) is 0 Å². The zero-order valence-corrected chi connectivity index (χ0v) is 11.2. The van der Waals surface area contributed by atoms with Crippen LogP contribution in [0.4, 0.5) is 5.69 Å². The predicted molar refractivity (Wildman–Crippen MR) is 70.2 cm³/mol. The third-order valence-corrected chi connectivity index (χ3v) is 2.75. The molecule has 9 nitrogen and oxygen atoms in total. The minimum absolute atomic E-state index is 0.00755. The number of rotatable bonds is 5. The molecule has 0 atom stereocenters. The number of carbonyl (C=O) groups excluding carboxylic acids is 2. The lowest BCUT2D eigenvalue weighted by molar-refractivity contribution is -0.757. The van der Waals surface area contributed by atoms with Gasteiger partial charge in [-0.15, -0.1) is 10.1 Å². The first-order valence-electron chi connectivity index (χ1n) is 6.08. The number of fused-ring (bicyclic) bond motifs is 1.